The average molecular weight is 363 g/mol. The smallest absolute Gasteiger partial charge is 0.256 e. The van der Waals surface area contributed by atoms with E-state index in [0.29, 0.717) is 24.2 Å². The van der Waals surface area contributed by atoms with E-state index < -0.39 is 0 Å². The summed E-state index contributed by atoms with van der Waals surface area (Å²) in [5, 5.41) is 10.8. The fourth-order valence-electron chi connectivity index (χ4n) is 3.24. The zero-order valence-corrected chi connectivity index (χ0v) is 16.0. The van der Waals surface area contributed by atoms with Crippen molar-refractivity contribution < 1.29 is 9.90 Å². The van der Waals surface area contributed by atoms with E-state index >= 15 is 0 Å². The molecule has 0 spiro atoms. The molecular formula is C22H25N3O2. The maximum atomic E-state index is 13.4. The molecule has 1 amide bonds. The molecule has 5 nitrogen and oxygen atoms in total. The maximum Gasteiger partial charge on any atom is 0.256 e. The van der Waals surface area contributed by atoms with Crippen LogP contribution in [0.2, 0.25) is 0 Å². The van der Waals surface area contributed by atoms with Gasteiger partial charge >= 0.3 is 0 Å². The number of fused-ring (bicyclic) bond motifs is 1. The molecule has 0 aliphatic carbocycles. The highest BCUT2D eigenvalue weighted by Crippen LogP contribution is 2.21. The first-order chi connectivity index (χ1) is 13.0. The van der Waals surface area contributed by atoms with E-state index in [1.165, 1.54) is 0 Å². The number of nitrogens with zero attached hydrogens (tertiary/aromatic N) is 3. The van der Waals surface area contributed by atoms with Crippen molar-refractivity contribution in [1.82, 2.24) is 14.9 Å². The van der Waals surface area contributed by atoms with Crippen LogP contribution in [0, 0.1) is 13.8 Å². The van der Waals surface area contributed by atoms with E-state index in [0.717, 1.165) is 22.2 Å². The number of aliphatic hydroxyl groups excluding tert-OH is 1. The lowest BCUT2D eigenvalue weighted by Gasteiger charge is -2.30. The first-order valence-electron chi connectivity index (χ1n) is 9.23. The molecule has 140 valence electrons. The number of carbonyl (C=O) groups is 1. The largest absolute Gasteiger partial charge is 0.394 e. The number of amides is 1. The summed E-state index contributed by atoms with van der Waals surface area (Å²) in [7, 11) is 0. The molecule has 0 saturated heterocycles. The molecule has 3 rings (SSSR count). The number of aromatic nitrogens is 2. The van der Waals surface area contributed by atoms with Gasteiger partial charge in [-0.2, -0.15) is 0 Å². The molecule has 1 N–H and O–H groups in total. The Balaban J connectivity index is 2.02. The van der Waals surface area contributed by atoms with Crippen molar-refractivity contribution in [3.05, 3.63) is 71.2 Å². The van der Waals surface area contributed by atoms with E-state index in [2.05, 4.69) is 9.97 Å². The van der Waals surface area contributed by atoms with Crippen molar-refractivity contribution >= 4 is 16.8 Å². The number of carbonyl (C=O) groups excluding carboxylic acids is 1. The molecule has 0 radical (unpaired) electrons. The van der Waals surface area contributed by atoms with Gasteiger partial charge in [-0.25, -0.2) is 0 Å². The summed E-state index contributed by atoms with van der Waals surface area (Å²) in [5.74, 6) is -0.130. The summed E-state index contributed by atoms with van der Waals surface area (Å²) >= 11 is 0. The minimum Gasteiger partial charge on any atom is -0.394 e. The zero-order valence-electron chi connectivity index (χ0n) is 16.0. The zero-order chi connectivity index (χ0) is 19.4. The lowest BCUT2D eigenvalue weighted by atomic mass is 10.0. The number of aryl methyl sites for hydroxylation is 2. The minimum atomic E-state index is -0.271. The Morgan fingerprint density at radius 1 is 1.19 bits per heavy atom. The van der Waals surface area contributed by atoms with Gasteiger partial charge in [0.1, 0.15) is 0 Å². The molecule has 27 heavy (non-hydrogen) atoms. The van der Waals surface area contributed by atoms with Gasteiger partial charge in [-0.15, -0.1) is 0 Å². The number of pyridine rings is 2. The van der Waals surface area contributed by atoms with E-state index in [1.54, 1.807) is 11.1 Å². The van der Waals surface area contributed by atoms with Crippen molar-refractivity contribution in [1.29, 1.82) is 0 Å². The van der Waals surface area contributed by atoms with Crippen LogP contribution in [0.1, 0.15) is 40.7 Å². The number of rotatable bonds is 6. The lowest BCUT2D eigenvalue weighted by Crippen LogP contribution is -2.42. The molecule has 0 bridgehead atoms. The van der Waals surface area contributed by atoms with Gasteiger partial charge in [-0.05, 0) is 50.6 Å². The molecule has 3 aromatic rings. The van der Waals surface area contributed by atoms with Crippen LogP contribution < -0.4 is 0 Å². The van der Waals surface area contributed by atoms with Crippen LogP contribution in [0.3, 0.4) is 0 Å². The second-order valence-electron chi connectivity index (χ2n) is 6.82. The number of aliphatic hydroxyl groups is 1. The molecule has 1 atom stereocenters. The summed E-state index contributed by atoms with van der Waals surface area (Å²) in [5.41, 5.74) is 4.05. The van der Waals surface area contributed by atoms with Crippen LogP contribution in [-0.2, 0) is 6.54 Å². The Bertz CT molecular complexity index is 937. The van der Waals surface area contributed by atoms with E-state index in [9.17, 15) is 9.90 Å². The van der Waals surface area contributed by atoms with Crippen molar-refractivity contribution in [2.75, 3.05) is 6.61 Å². The molecule has 0 aliphatic heterocycles. The van der Waals surface area contributed by atoms with Gasteiger partial charge < -0.3 is 10.0 Å². The van der Waals surface area contributed by atoms with Crippen LogP contribution in [0.25, 0.3) is 10.9 Å². The number of benzene rings is 1. The van der Waals surface area contributed by atoms with Gasteiger partial charge in [0.05, 0.1) is 41.7 Å². The van der Waals surface area contributed by atoms with Crippen molar-refractivity contribution in [3.63, 3.8) is 0 Å². The minimum absolute atomic E-state index is 0.0890. The van der Waals surface area contributed by atoms with Gasteiger partial charge in [-0.3, -0.25) is 14.8 Å². The Labute approximate surface area is 159 Å². The lowest BCUT2D eigenvalue weighted by molar-refractivity contribution is 0.0559. The Hall–Kier alpha value is -2.79. The second kappa shape index (κ2) is 8.27. The van der Waals surface area contributed by atoms with Crippen LogP contribution in [0.4, 0.5) is 0 Å². The topological polar surface area (TPSA) is 66.3 Å². The standard InChI is InChI=1S/C22H25N3O2/c1-4-19(14-26)25(13-18-7-5-6-10-23-18)22(27)20-12-17-11-15(2)8-9-21(17)24-16(20)3/h5-12,19,26H,4,13-14H2,1-3H3/t19-/m1/s1. The first kappa shape index (κ1) is 19.0. The molecule has 0 fully saturated rings. The van der Waals surface area contributed by atoms with Gasteiger partial charge in [0, 0.05) is 11.6 Å². The van der Waals surface area contributed by atoms with Crippen molar-refractivity contribution in [2.45, 2.75) is 39.8 Å². The van der Waals surface area contributed by atoms with Crippen molar-refractivity contribution in [2.24, 2.45) is 0 Å². The van der Waals surface area contributed by atoms with Crippen LogP contribution in [0.15, 0.2) is 48.7 Å². The first-order valence-corrected chi connectivity index (χ1v) is 9.23. The Kier molecular flexibility index (Phi) is 5.81. The highest BCUT2D eigenvalue weighted by molar-refractivity contribution is 5.98. The van der Waals surface area contributed by atoms with Gasteiger partial charge in [0.15, 0.2) is 0 Å². The van der Waals surface area contributed by atoms with E-state index in [1.807, 2.05) is 63.2 Å². The third kappa shape index (κ3) is 4.14. The summed E-state index contributed by atoms with van der Waals surface area (Å²) in [6.07, 6.45) is 2.37. The highest BCUT2D eigenvalue weighted by atomic mass is 16.3. The van der Waals surface area contributed by atoms with Gasteiger partial charge in [0.25, 0.3) is 5.91 Å². The van der Waals surface area contributed by atoms with Gasteiger partial charge in [0.2, 0.25) is 0 Å². The Morgan fingerprint density at radius 2 is 2.00 bits per heavy atom. The second-order valence-corrected chi connectivity index (χ2v) is 6.82. The third-order valence-electron chi connectivity index (χ3n) is 4.83. The predicted molar refractivity (Wildman–Crippen MR) is 106 cm³/mol. The van der Waals surface area contributed by atoms with E-state index in [4.69, 9.17) is 0 Å². The summed E-state index contributed by atoms with van der Waals surface area (Å²) in [6.45, 7) is 6.10. The summed E-state index contributed by atoms with van der Waals surface area (Å²) in [6, 6.07) is 13.3. The molecule has 5 heteroatoms. The molecule has 1 aromatic carbocycles. The normalized spacial score (nSPS) is 12.1. The molecule has 0 unspecified atom stereocenters. The quantitative estimate of drug-likeness (QED) is 0.726. The fraction of sp³-hybridized carbons (Fsp3) is 0.318. The average Bonchev–Trinajstić information content (AvgIpc) is 2.68. The maximum absolute atomic E-state index is 13.4. The summed E-state index contributed by atoms with van der Waals surface area (Å²) in [4.78, 5) is 24.1. The number of hydrogen-bond acceptors (Lipinski definition) is 4. The van der Waals surface area contributed by atoms with Gasteiger partial charge in [-0.1, -0.05) is 24.6 Å². The van der Waals surface area contributed by atoms with Crippen LogP contribution >= 0.6 is 0 Å². The SMILES string of the molecule is CC[C@H](CO)N(Cc1ccccn1)C(=O)c1cc2cc(C)ccc2nc1C. The molecule has 2 heterocycles. The van der Waals surface area contributed by atoms with Crippen molar-refractivity contribution in [3.8, 4) is 0 Å². The third-order valence-corrected chi connectivity index (χ3v) is 4.83. The van der Waals surface area contributed by atoms with Crippen LogP contribution in [-0.4, -0.2) is 38.5 Å². The monoisotopic (exact) mass is 363 g/mol. The molecule has 2 aromatic heterocycles. The number of hydrogen-bond donors (Lipinski definition) is 1. The fourth-order valence-corrected chi connectivity index (χ4v) is 3.24. The summed E-state index contributed by atoms with van der Waals surface area (Å²) < 4.78 is 0. The predicted octanol–water partition coefficient (Wildman–Crippen LogP) is 3.66. The van der Waals surface area contributed by atoms with Crippen LogP contribution in [0.5, 0.6) is 0 Å². The van der Waals surface area contributed by atoms with E-state index in [-0.39, 0.29) is 18.6 Å². The molecule has 0 aliphatic rings. The molecular weight excluding hydrogens is 338 g/mol. The Morgan fingerprint density at radius 3 is 2.67 bits per heavy atom. The molecule has 0 saturated carbocycles. The highest BCUT2D eigenvalue weighted by Gasteiger charge is 2.25.